The van der Waals surface area contributed by atoms with Crippen molar-refractivity contribution in [2.75, 3.05) is 88.8 Å². The standard InChI is InChI=1S/C82H104N14O18S2.3CO2/c1-6-79(109)40-47-39-78(3,68-52(25-29-94(43-47)45-79)51-14-8-9-15-55(51)88-68)54-37-53-57(38-60(54)111-5)93(4)74-81(53)27-30-95-28-13-26-80(7-2,73(81)95)75(107)82(74,110)61(99)42-85-77(108)113-33-35-116-115-34-12-17-59(98)56(36-50-44-96(92-91-50)31-32-112-72-66(103)64(101)65(102)67(114-72)71(105)106)87-62(100)18-11-10-16-58(97)48-22-19-46(20-23-48)21-24-49-41-84-69-63(86-49)70(104)90-76(83)89-69;3*2-1-3/h8-9,13-15,19-20,22-23,26,37-38,41,44,47,56,64-67,72-75,88,101-103,107,109-110H,6-7,10-12,16-18,21,24-25,27-36,39-40,42-43,45H2,1-5H3,(H,85,108)(H,87,100)(H,105,106)(H3,83,84,89,90,104);;;/t47-,56-,64-,65?,66-,67?,72?,73-,74+,75+,78+,79-,80+,81+,82-;;;/m0.../s1. The third-order valence-corrected chi connectivity index (χ3v) is 27.7. The number of carboxylic acids is 1. The zero-order valence-electron chi connectivity index (χ0n) is 69.7. The van der Waals surface area contributed by atoms with Crippen molar-refractivity contribution in [3.8, 4) is 5.75 Å². The smallest absolute Gasteiger partial charge is 0.407 e. The Morgan fingerprint density at radius 2 is 1.55 bits per heavy atom. The molecule has 1 spiro atoms. The molecule has 7 aromatic rings. The summed E-state index contributed by atoms with van der Waals surface area (Å²) in [6.07, 6.45) is 2.46. The second kappa shape index (κ2) is 41.7. The number of nitrogen functional groups attached to an aromatic ring is 1. The lowest BCUT2D eigenvalue weighted by molar-refractivity contribution is -0.294. The summed E-state index contributed by atoms with van der Waals surface area (Å²) in [5.74, 6) is -1.62. The van der Waals surface area contributed by atoms with E-state index < -0.39 is 112 Å². The van der Waals surface area contributed by atoms with Crippen LogP contribution in [-0.2, 0) is 105 Å². The number of aryl methyl sites for hydroxylation is 2. The minimum Gasteiger partial charge on any atom is -0.496 e. The topological polar surface area (TPSA) is 561 Å². The van der Waals surface area contributed by atoms with Crippen LogP contribution in [0.1, 0.15) is 141 Å². The van der Waals surface area contributed by atoms with Gasteiger partial charge in [-0.25, -0.2) is 24.2 Å². The molecule has 3 saturated heterocycles. The summed E-state index contributed by atoms with van der Waals surface area (Å²) in [5, 5.41) is 94.1. The van der Waals surface area contributed by atoms with E-state index in [0.29, 0.717) is 118 Å². The van der Waals surface area contributed by atoms with E-state index in [1.807, 2.05) is 49.2 Å². The highest BCUT2D eigenvalue weighted by Crippen LogP contribution is 2.68. The van der Waals surface area contributed by atoms with Crippen LogP contribution < -0.4 is 31.6 Å². The quantitative estimate of drug-likeness (QED) is 0.0122. The van der Waals surface area contributed by atoms with Gasteiger partial charge in [0.05, 0.1) is 62.1 Å². The molecule has 4 aromatic heterocycles. The Morgan fingerprint density at radius 1 is 0.824 bits per heavy atom. The van der Waals surface area contributed by atoms with Gasteiger partial charge in [-0.15, -0.1) is 5.10 Å². The summed E-state index contributed by atoms with van der Waals surface area (Å²) in [5.41, 5.74) is 7.85. The number of unbranched alkanes of at least 4 members (excludes halogenated alkanes) is 1. The van der Waals surface area contributed by atoms with Crippen LogP contribution in [0.5, 0.6) is 5.75 Å². The molecule has 7 aliphatic rings. The molecule has 4 unspecified atom stereocenters. The largest absolute Gasteiger partial charge is 0.496 e. The number of aliphatic carboxylic acids is 1. The van der Waals surface area contributed by atoms with Crippen molar-refractivity contribution in [3.05, 3.63) is 140 Å². The van der Waals surface area contributed by atoms with Crippen molar-refractivity contribution in [2.24, 2.45) is 11.3 Å². The Hall–Kier alpha value is -10.6. The molecule has 38 nitrogen and oxygen atoms in total. The van der Waals surface area contributed by atoms with Gasteiger partial charge in [0.15, 0.2) is 46.5 Å². The fourth-order valence-electron chi connectivity index (χ4n) is 19.7. The Bertz CT molecular complexity index is 5220. The van der Waals surface area contributed by atoms with Crippen LogP contribution in [0.25, 0.3) is 22.1 Å². The summed E-state index contributed by atoms with van der Waals surface area (Å²) in [7, 11) is 6.39. The molecule has 1 saturated carbocycles. The number of piperidine rings is 1. The molecule has 4 fully saturated rings. The number of aliphatic hydroxyl groups excluding tert-OH is 4. The normalized spacial score (nSPS) is 27.0. The zero-order valence-corrected chi connectivity index (χ0v) is 71.4. The van der Waals surface area contributed by atoms with Crippen LogP contribution in [0.4, 0.5) is 16.4 Å². The molecule has 13 N–H and O–H groups in total. The monoisotopic (exact) mass is 1770 g/mol. The van der Waals surface area contributed by atoms with Gasteiger partial charge >= 0.3 is 30.5 Å². The number of anilines is 2. The van der Waals surface area contributed by atoms with Crippen LogP contribution in [0.2, 0.25) is 0 Å². The second-order valence-electron chi connectivity index (χ2n) is 32.7. The van der Waals surface area contributed by atoms with Crippen molar-refractivity contribution in [1.82, 2.24) is 60.3 Å². The van der Waals surface area contributed by atoms with Gasteiger partial charge in [-0.3, -0.25) is 38.8 Å². The van der Waals surface area contributed by atoms with Crippen LogP contribution in [0, 0.1) is 11.3 Å². The summed E-state index contributed by atoms with van der Waals surface area (Å²) < 4.78 is 24.2. The molecule has 16 atom stereocenters. The van der Waals surface area contributed by atoms with Crippen LogP contribution in [0.3, 0.4) is 0 Å². The first-order valence-electron chi connectivity index (χ1n) is 41.3. The van der Waals surface area contributed by atoms with Gasteiger partial charge in [0.1, 0.15) is 36.8 Å². The van der Waals surface area contributed by atoms with Crippen molar-refractivity contribution in [1.29, 1.82) is 0 Å². The average molecular weight is 1770 g/mol. The van der Waals surface area contributed by atoms with Crippen LogP contribution in [0.15, 0.2) is 90.0 Å². The lowest BCUT2D eigenvalue weighted by Crippen LogP contribution is -2.81. The number of alkyl carbamates (subject to hydrolysis) is 1. The molecule has 2 amide bonds. The number of H-pyrrole nitrogens is 2. The van der Waals surface area contributed by atoms with Crippen molar-refractivity contribution >= 4 is 109 Å². The lowest BCUT2D eigenvalue weighted by atomic mass is 9.47. The van der Waals surface area contributed by atoms with E-state index >= 15 is 4.79 Å². The maximum absolute atomic E-state index is 15.4. The van der Waals surface area contributed by atoms with Gasteiger partial charge in [-0.2, -0.15) is 33.8 Å². The van der Waals surface area contributed by atoms with Crippen LogP contribution >= 0.6 is 21.6 Å². The van der Waals surface area contributed by atoms with E-state index in [1.54, 1.807) is 25.4 Å². The molecule has 40 heteroatoms. The van der Waals surface area contributed by atoms with E-state index in [1.165, 1.54) is 38.0 Å². The number of carbonyl (C=O) groups is 6. The molecule has 14 rings (SSSR count). The van der Waals surface area contributed by atoms with Crippen LogP contribution in [-0.4, -0.2) is 284 Å². The van der Waals surface area contributed by atoms with Gasteiger partial charge < -0.3 is 80.9 Å². The van der Waals surface area contributed by atoms with E-state index in [0.717, 1.165) is 58.5 Å². The Morgan fingerprint density at radius 3 is 2.27 bits per heavy atom. The second-order valence-corrected chi connectivity index (χ2v) is 35.4. The number of hydrogen-bond donors (Lipinski definition) is 12. The first-order chi connectivity index (χ1) is 59.9. The summed E-state index contributed by atoms with van der Waals surface area (Å²) in [6, 6.07) is 17.6. The number of ketones is 3. The number of aromatic amines is 2. The van der Waals surface area contributed by atoms with Gasteiger partial charge in [-0.05, 0) is 119 Å². The minimum atomic E-state index is -2.42. The van der Waals surface area contributed by atoms with Crippen molar-refractivity contribution in [2.45, 2.75) is 201 Å². The SMILES string of the molecule is CC[C@]1(O)C[C@H]2CN(CCc3c([nH]c4ccccc34)[C@@](C)(c3cc4c(cc3OC)N(C)[C@H]3[C@@](O)(C(=O)CNC(=O)OCCSSCCCC(=O)[C@H](Cc5cn(CCOC6OC(C(=O)O)C(O)[C@H](O)[C@@H]6O)nn5)NC(=O)CCCCC(=O)c5ccc(CCc6cnc7nc(N)[nH]c(=O)c7n6)cc5)[C@H](O)[C@]5(CC)C=CCN6CC[C@]43[C@@H]65)C2)C1.O=C=O.O=C=O.O=C=O. The molecular formula is C85H104N14O24S2. The molecule has 6 aliphatic heterocycles. The maximum atomic E-state index is 15.4. The van der Waals surface area contributed by atoms with Crippen molar-refractivity contribution in [3.63, 3.8) is 0 Å². The highest BCUT2D eigenvalue weighted by molar-refractivity contribution is 8.76. The number of nitrogens with one attached hydrogen (secondary N) is 4. The number of amides is 2. The highest BCUT2D eigenvalue weighted by atomic mass is 33.1. The van der Waals surface area contributed by atoms with E-state index in [9.17, 15) is 64.5 Å². The van der Waals surface area contributed by atoms with Gasteiger partial charge in [0.25, 0.3) is 5.56 Å². The molecular weight excluding hydrogens is 1670 g/mol. The number of methoxy groups -OCH3 is 1. The fraction of sp³-hybridized carbons (Fsp3) is 0.541. The highest BCUT2D eigenvalue weighted by Gasteiger charge is 2.78. The first-order valence-corrected chi connectivity index (χ1v) is 43.8. The number of likely N-dealkylation sites (N-methyl/N-ethyl adjacent to an activating group) is 1. The average Bonchev–Trinajstić information content (AvgIpc) is 1.49. The number of Topliss-reactive ketones (excluding diaryl/α,β-unsaturated/α-hetero) is 3. The number of aliphatic hydroxyl groups is 6. The van der Waals surface area contributed by atoms with Gasteiger partial charge in [0.2, 0.25) is 11.9 Å². The predicted octanol–water partition coefficient (Wildman–Crippen LogP) is 2.43. The number of rotatable bonds is 33. The number of para-hydroxylation sites is 1. The molecule has 125 heavy (non-hydrogen) atoms. The fourth-order valence-corrected chi connectivity index (χ4v) is 21.6. The molecule has 670 valence electrons. The van der Waals surface area contributed by atoms with E-state index in [4.69, 9.17) is 53.4 Å². The summed E-state index contributed by atoms with van der Waals surface area (Å²) in [4.78, 5) is 169. The Labute approximate surface area is 724 Å². The minimum absolute atomic E-state index is 0.00197. The molecule has 0 radical (unpaired) electrons. The van der Waals surface area contributed by atoms with Gasteiger partial charge in [0, 0.05) is 138 Å². The van der Waals surface area contributed by atoms with E-state index in [-0.39, 0.29) is 105 Å². The summed E-state index contributed by atoms with van der Waals surface area (Å²) >= 11 is 0. The third kappa shape index (κ3) is 20.3. The van der Waals surface area contributed by atoms with E-state index in [2.05, 4.69) is 99.8 Å². The van der Waals surface area contributed by atoms with Crippen molar-refractivity contribution < 1.29 is 112 Å². The molecule has 1 aliphatic carbocycles. The number of carbonyl (C=O) groups excluding carboxylic acids is 11. The zero-order chi connectivity index (χ0) is 90.3. The lowest BCUT2D eigenvalue weighted by Gasteiger charge is -2.63. The third-order valence-electron chi connectivity index (χ3n) is 25.3. The Balaban J connectivity index is 0.00000162. The first kappa shape index (κ1) is 95.0. The number of nitrogens with zero attached hydrogens (tertiary/aromatic N) is 9. The number of benzene rings is 3. The summed E-state index contributed by atoms with van der Waals surface area (Å²) in [6.45, 7) is 8.96. The number of nitrogens with two attached hydrogens (primary N) is 1. The number of aromatic nitrogens is 8. The number of fused-ring (bicyclic) bond motifs is 7. The molecule has 3 aromatic carbocycles. The molecule has 2 bridgehead atoms. The Kier molecular flexibility index (Phi) is 31.7. The number of ether oxygens (including phenoxy) is 4. The predicted molar refractivity (Wildman–Crippen MR) is 446 cm³/mol. The number of hydrogen-bond acceptors (Lipinski definition) is 34. The number of carboxylic acid groups (broad SMARTS) is 1. The molecule has 10 heterocycles. The maximum Gasteiger partial charge on any atom is 0.407 e. The van der Waals surface area contributed by atoms with Gasteiger partial charge in [-0.1, -0.05) is 95.3 Å².